The maximum absolute atomic E-state index is 6.11. The molecule has 1 aliphatic carbocycles. The fourth-order valence-corrected chi connectivity index (χ4v) is 4.00. The van der Waals surface area contributed by atoms with Crippen LogP contribution in [0.3, 0.4) is 0 Å². The first-order valence-electron chi connectivity index (χ1n) is 7.43. The number of aromatic nitrogens is 1. The number of hydrogen-bond acceptors (Lipinski definition) is 4. The van der Waals surface area contributed by atoms with Crippen molar-refractivity contribution in [1.29, 1.82) is 0 Å². The number of rotatable bonds is 6. The zero-order chi connectivity index (χ0) is 13.3. The summed E-state index contributed by atoms with van der Waals surface area (Å²) in [6.07, 6.45) is 7.32. The average Bonchev–Trinajstić information content (AvgIpc) is 2.94. The zero-order valence-corrected chi connectivity index (χ0v) is 12.7. The van der Waals surface area contributed by atoms with E-state index >= 15 is 0 Å². The monoisotopic (exact) mass is 280 g/mol. The number of nitrogens with one attached hydrogen (secondary N) is 1. The molecule has 2 heterocycles. The van der Waals surface area contributed by atoms with Crippen molar-refractivity contribution in [2.75, 3.05) is 13.2 Å². The smallest absolute Gasteiger partial charge is 0.0931 e. The summed E-state index contributed by atoms with van der Waals surface area (Å²) >= 11 is 1.78. The fourth-order valence-electron chi connectivity index (χ4n) is 3.23. The first kappa shape index (κ1) is 13.5. The Kier molecular flexibility index (Phi) is 3.92. The van der Waals surface area contributed by atoms with Gasteiger partial charge in [-0.15, -0.1) is 11.3 Å². The molecule has 2 fully saturated rings. The van der Waals surface area contributed by atoms with Crippen molar-refractivity contribution < 1.29 is 4.74 Å². The Morgan fingerprint density at radius 3 is 3.00 bits per heavy atom. The number of nitrogens with zero attached hydrogens (tertiary/aromatic N) is 1. The van der Waals surface area contributed by atoms with Gasteiger partial charge >= 0.3 is 0 Å². The Bertz CT molecular complexity index is 402. The molecule has 2 aliphatic rings. The average molecular weight is 280 g/mol. The lowest BCUT2D eigenvalue weighted by atomic mass is 9.76. The molecule has 2 unspecified atom stereocenters. The largest absolute Gasteiger partial charge is 0.377 e. The SMILES string of the molecule is CC(C)NCC1(Cc2nccs2)CCOC1C1CC1. The van der Waals surface area contributed by atoms with Gasteiger partial charge in [0.1, 0.15) is 0 Å². The second kappa shape index (κ2) is 5.51. The quantitative estimate of drug-likeness (QED) is 0.870. The summed E-state index contributed by atoms with van der Waals surface area (Å²) in [6.45, 7) is 6.43. The Labute approximate surface area is 119 Å². The topological polar surface area (TPSA) is 34.2 Å². The third kappa shape index (κ3) is 3.01. The van der Waals surface area contributed by atoms with Crippen LogP contribution in [0.5, 0.6) is 0 Å². The molecule has 1 aliphatic heterocycles. The van der Waals surface area contributed by atoms with Gasteiger partial charge in [0.2, 0.25) is 0 Å². The van der Waals surface area contributed by atoms with Gasteiger partial charge < -0.3 is 10.1 Å². The molecule has 3 rings (SSSR count). The van der Waals surface area contributed by atoms with Crippen LogP contribution in [0.15, 0.2) is 11.6 Å². The van der Waals surface area contributed by atoms with Gasteiger partial charge in [-0.1, -0.05) is 13.8 Å². The van der Waals surface area contributed by atoms with Crippen LogP contribution >= 0.6 is 11.3 Å². The Balaban J connectivity index is 1.77. The van der Waals surface area contributed by atoms with Crippen LogP contribution in [0.25, 0.3) is 0 Å². The molecule has 19 heavy (non-hydrogen) atoms. The third-order valence-corrected chi connectivity index (χ3v) is 5.18. The molecule has 2 atom stereocenters. The molecule has 1 aromatic rings. The van der Waals surface area contributed by atoms with Gasteiger partial charge in [-0.05, 0) is 25.2 Å². The molecule has 4 heteroatoms. The highest BCUT2D eigenvalue weighted by atomic mass is 32.1. The number of hydrogen-bond donors (Lipinski definition) is 1. The van der Waals surface area contributed by atoms with E-state index in [1.165, 1.54) is 24.3 Å². The van der Waals surface area contributed by atoms with Crippen LogP contribution in [0, 0.1) is 11.3 Å². The Hall–Kier alpha value is -0.450. The van der Waals surface area contributed by atoms with Crippen molar-refractivity contribution in [2.45, 2.75) is 51.7 Å². The maximum atomic E-state index is 6.11. The van der Waals surface area contributed by atoms with Crippen molar-refractivity contribution in [1.82, 2.24) is 10.3 Å². The minimum atomic E-state index is 0.267. The van der Waals surface area contributed by atoms with Gasteiger partial charge in [-0.2, -0.15) is 0 Å². The van der Waals surface area contributed by atoms with E-state index in [1.807, 2.05) is 6.20 Å². The molecular weight excluding hydrogens is 256 g/mol. The Morgan fingerprint density at radius 1 is 1.53 bits per heavy atom. The standard InChI is InChI=1S/C15H24N2OS/c1-11(2)17-10-15(9-13-16-6-8-19-13)5-7-18-14(15)12-3-4-12/h6,8,11-12,14,17H,3-5,7,9-10H2,1-2H3. The molecule has 0 spiro atoms. The molecular formula is C15H24N2OS. The van der Waals surface area contributed by atoms with Crippen LogP contribution < -0.4 is 5.32 Å². The molecule has 0 amide bonds. The Morgan fingerprint density at radius 2 is 2.37 bits per heavy atom. The maximum Gasteiger partial charge on any atom is 0.0931 e. The van der Waals surface area contributed by atoms with Gasteiger partial charge in [0, 0.05) is 42.6 Å². The van der Waals surface area contributed by atoms with E-state index in [1.54, 1.807) is 11.3 Å². The van der Waals surface area contributed by atoms with Crippen molar-refractivity contribution in [3.05, 3.63) is 16.6 Å². The van der Waals surface area contributed by atoms with Gasteiger partial charge in [0.25, 0.3) is 0 Å². The lowest BCUT2D eigenvalue weighted by Gasteiger charge is -2.35. The molecule has 1 saturated carbocycles. The minimum Gasteiger partial charge on any atom is -0.377 e. The summed E-state index contributed by atoms with van der Waals surface area (Å²) in [5.41, 5.74) is 0.267. The predicted octanol–water partition coefficient (Wildman–Crippen LogP) is 2.87. The minimum absolute atomic E-state index is 0.267. The van der Waals surface area contributed by atoms with Crippen molar-refractivity contribution in [3.63, 3.8) is 0 Å². The molecule has 0 radical (unpaired) electrons. The summed E-state index contributed by atoms with van der Waals surface area (Å²) in [6, 6.07) is 0.536. The molecule has 0 bridgehead atoms. The highest BCUT2D eigenvalue weighted by Gasteiger charge is 2.51. The van der Waals surface area contributed by atoms with E-state index in [9.17, 15) is 0 Å². The van der Waals surface area contributed by atoms with Gasteiger partial charge in [-0.25, -0.2) is 4.98 Å². The van der Waals surface area contributed by atoms with Crippen molar-refractivity contribution in [2.24, 2.45) is 11.3 Å². The van der Waals surface area contributed by atoms with E-state index in [2.05, 4.69) is 29.5 Å². The van der Waals surface area contributed by atoms with E-state index in [0.29, 0.717) is 12.1 Å². The molecule has 0 aromatic carbocycles. The summed E-state index contributed by atoms with van der Waals surface area (Å²) in [4.78, 5) is 4.50. The lowest BCUT2D eigenvalue weighted by molar-refractivity contribution is 0.0298. The van der Waals surface area contributed by atoms with E-state index < -0.39 is 0 Å². The summed E-state index contributed by atoms with van der Waals surface area (Å²) in [7, 11) is 0. The van der Waals surface area contributed by atoms with Gasteiger partial charge in [-0.3, -0.25) is 0 Å². The molecule has 106 valence electrons. The van der Waals surface area contributed by atoms with Crippen LogP contribution in [0.1, 0.15) is 38.1 Å². The van der Waals surface area contributed by atoms with Gasteiger partial charge in [0.05, 0.1) is 11.1 Å². The van der Waals surface area contributed by atoms with Crippen LogP contribution in [0.4, 0.5) is 0 Å². The van der Waals surface area contributed by atoms with Crippen LogP contribution in [-0.4, -0.2) is 30.3 Å². The number of thiazole rings is 1. The van der Waals surface area contributed by atoms with Gasteiger partial charge in [0.15, 0.2) is 0 Å². The fraction of sp³-hybridized carbons (Fsp3) is 0.800. The lowest BCUT2D eigenvalue weighted by Crippen LogP contribution is -2.45. The molecule has 1 N–H and O–H groups in total. The zero-order valence-electron chi connectivity index (χ0n) is 11.9. The summed E-state index contributed by atoms with van der Waals surface area (Å²) in [5.74, 6) is 0.802. The second-order valence-corrected chi connectivity index (χ2v) is 7.36. The van der Waals surface area contributed by atoms with E-state index in [-0.39, 0.29) is 5.41 Å². The second-order valence-electron chi connectivity index (χ2n) is 6.38. The highest BCUT2D eigenvalue weighted by Crippen LogP contribution is 2.49. The first-order chi connectivity index (χ1) is 9.20. The first-order valence-corrected chi connectivity index (χ1v) is 8.31. The normalized spacial score (nSPS) is 31.2. The third-order valence-electron chi connectivity index (χ3n) is 4.40. The molecule has 3 nitrogen and oxygen atoms in total. The van der Waals surface area contributed by atoms with E-state index in [0.717, 1.165) is 25.5 Å². The van der Waals surface area contributed by atoms with Crippen molar-refractivity contribution in [3.8, 4) is 0 Å². The van der Waals surface area contributed by atoms with Crippen molar-refractivity contribution >= 4 is 11.3 Å². The van der Waals surface area contributed by atoms with E-state index in [4.69, 9.17) is 4.74 Å². The highest BCUT2D eigenvalue weighted by molar-refractivity contribution is 7.09. The number of ether oxygens (including phenoxy) is 1. The predicted molar refractivity (Wildman–Crippen MR) is 78.5 cm³/mol. The molecule has 1 saturated heterocycles. The molecule has 1 aromatic heterocycles. The van der Waals surface area contributed by atoms with Crippen LogP contribution in [0.2, 0.25) is 0 Å². The van der Waals surface area contributed by atoms with Crippen LogP contribution in [-0.2, 0) is 11.2 Å². The summed E-state index contributed by atoms with van der Waals surface area (Å²) in [5, 5.41) is 7.00. The summed E-state index contributed by atoms with van der Waals surface area (Å²) < 4.78 is 6.11.